The number of ether oxygens (including phenoxy) is 1. The molecule has 1 aliphatic rings. The highest BCUT2D eigenvalue weighted by atomic mass is 32.2. The summed E-state index contributed by atoms with van der Waals surface area (Å²) >= 11 is 6.33. The van der Waals surface area contributed by atoms with Crippen LogP contribution in [0.5, 0.6) is 0 Å². The van der Waals surface area contributed by atoms with Gasteiger partial charge in [0.1, 0.15) is 9.81 Å². The number of anilines is 2. The largest absolute Gasteiger partial charge is 0.464 e. The molecular weight excluding hydrogens is 352 g/mol. The first-order chi connectivity index (χ1) is 10.8. The molecule has 0 aliphatic carbocycles. The summed E-state index contributed by atoms with van der Waals surface area (Å²) in [6.45, 7) is 3.89. The molecule has 2 aromatic rings. The molecule has 5 nitrogen and oxygen atoms in total. The molecule has 1 aromatic heterocycles. The molecule has 0 saturated heterocycles. The average Bonchev–Trinajstić information content (AvgIpc) is 2.91. The fourth-order valence-electron chi connectivity index (χ4n) is 2.43. The molecule has 0 bridgehead atoms. The number of benzene rings is 1. The third kappa shape index (κ3) is 3.65. The van der Waals surface area contributed by atoms with Crippen LogP contribution in [0.1, 0.15) is 19.4 Å². The molecule has 0 saturated carbocycles. The fourth-order valence-corrected chi connectivity index (χ4v) is 4.81. The van der Waals surface area contributed by atoms with Gasteiger partial charge in [0.05, 0.1) is 0 Å². The summed E-state index contributed by atoms with van der Waals surface area (Å²) in [6.07, 6.45) is 0.615. The number of hydrogen-bond acceptors (Lipinski definition) is 5. The van der Waals surface area contributed by atoms with E-state index in [1.807, 2.05) is 19.9 Å². The fraction of sp³-hybridized carbons (Fsp3) is 0.267. The maximum atomic E-state index is 12.3. The Bertz CT molecular complexity index is 843. The molecule has 8 heteroatoms. The van der Waals surface area contributed by atoms with E-state index in [0.29, 0.717) is 17.3 Å². The van der Waals surface area contributed by atoms with E-state index in [-0.39, 0.29) is 4.21 Å². The Balaban J connectivity index is 1.92. The minimum absolute atomic E-state index is 0.287. The normalized spacial score (nSPS) is 16.7. The highest BCUT2D eigenvalue weighted by Crippen LogP contribution is 2.31. The van der Waals surface area contributed by atoms with E-state index in [2.05, 4.69) is 10.0 Å². The van der Waals surface area contributed by atoms with E-state index < -0.39 is 15.6 Å². The second kappa shape index (κ2) is 5.77. The van der Waals surface area contributed by atoms with Gasteiger partial charge in [-0.25, -0.2) is 8.42 Å². The molecule has 0 amide bonds. The quantitative estimate of drug-likeness (QED) is 0.811. The molecule has 122 valence electrons. The van der Waals surface area contributed by atoms with Crippen LogP contribution in [-0.2, 0) is 21.2 Å². The van der Waals surface area contributed by atoms with Crippen molar-refractivity contribution in [1.29, 1.82) is 0 Å². The van der Waals surface area contributed by atoms with Crippen molar-refractivity contribution in [2.75, 3.05) is 10.0 Å². The Hall–Kier alpha value is -1.64. The van der Waals surface area contributed by atoms with Crippen LogP contribution in [0.3, 0.4) is 0 Å². The molecule has 0 fully saturated rings. The van der Waals surface area contributed by atoms with Crippen molar-refractivity contribution in [3.05, 3.63) is 41.3 Å². The number of rotatable bonds is 3. The molecule has 0 radical (unpaired) electrons. The Labute approximate surface area is 144 Å². The number of nitrogens with one attached hydrogen (secondary N) is 2. The second-order valence-electron chi connectivity index (χ2n) is 5.86. The first kappa shape index (κ1) is 16.2. The van der Waals surface area contributed by atoms with Crippen molar-refractivity contribution in [3.8, 4) is 0 Å². The van der Waals surface area contributed by atoms with Gasteiger partial charge in [-0.1, -0.05) is 6.07 Å². The van der Waals surface area contributed by atoms with Gasteiger partial charge >= 0.3 is 0 Å². The van der Waals surface area contributed by atoms with Crippen molar-refractivity contribution >= 4 is 50.1 Å². The summed E-state index contributed by atoms with van der Waals surface area (Å²) in [5.74, 6) is 0. The van der Waals surface area contributed by atoms with Crippen LogP contribution in [0, 0.1) is 0 Å². The number of thiophene rings is 1. The van der Waals surface area contributed by atoms with Crippen LogP contribution in [0.15, 0.2) is 39.9 Å². The summed E-state index contributed by atoms with van der Waals surface area (Å²) in [5, 5.41) is 5.08. The minimum atomic E-state index is -3.55. The average molecular weight is 369 g/mol. The molecule has 0 unspecified atom stereocenters. The summed E-state index contributed by atoms with van der Waals surface area (Å²) in [4.78, 5) is 0. The van der Waals surface area contributed by atoms with E-state index in [1.54, 1.807) is 29.6 Å². The van der Waals surface area contributed by atoms with E-state index in [0.717, 1.165) is 11.3 Å². The van der Waals surface area contributed by atoms with Crippen LogP contribution in [0.2, 0.25) is 0 Å². The zero-order valence-corrected chi connectivity index (χ0v) is 15.1. The molecule has 3 rings (SSSR count). The Morgan fingerprint density at radius 2 is 2.13 bits per heavy atom. The van der Waals surface area contributed by atoms with Crippen molar-refractivity contribution in [1.82, 2.24) is 0 Å². The molecule has 0 atom stereocenters. The van der Waals surface area contributed by atoms with E-state index in [9.17, 15) is 8.42 Å². The lowest BCUT2D eigenvalue weighted by atomic mass is 9.97. The van der Waals surface area contributed by atoms with Crippen molar-refractivity contribution in [2.24, 2.45) is 0 Å². The zero-order valence-electron chi connectivity index (χ0n) is 12.6. The van der Waals surface area contributed by atoms with Gasteiger partial charge in [-0.3, -0.25) is 4.72 Å². The maximum Gasteiger partial charge on any atom is 0.271 e. The van der Waals surface area contributed by atoms with Crippen molar-refractivity contribution < 1.29 is 13.2 Å². The molecule has 1 aromatic carbocycles. The second-order valence-corrected chi connectivity index (χ2v) is 9.09. The number of fused-ring (bicyclic) bond motifs is 1. The van der Waals surface area contributed by atoms with Gasteiger partial charge in [-0.15, -0.1) is 11.3 Å². The van der Waals surface area contributed by atoms with E-state index >= 15 is 0 Å². The number of hydrogen-bond donors (Lipinski definition) is 2. The topological polar surface area (TPSA) is 67.4 Å². The van der Waals surface area contributed by atoms with Crippen LogP contribution >= 0.6 is 23.6 Å². The first-order valence-electron chi connectivity index (χ1n) is 6.94. The highest BCUT2D eigenvalue weighted by Gasteiger charge is 2.27. The van der Waals surface area contributed by atoms with Gasteiger partial charge in [-0.05, 0) is 61.3 Å². The Kier molecular flexibility index (Phi) is 4.07. The minimum Gasteiger partial charge on any atom is -0.464 e. The number of sulfonamides is 1. The standard InChI is InChI=1S/C15H16N2O3S3/c1-15(2)9-10-8-11(5-6-12(10)16-14(21)20-15)17-23(18,19)13-4-3-7-22-13/h3-8,17H,9H2,1-2H3,(H,16,21). The lowest BCUT2D eigenvalue weighted by Crippen LogP contribution is -2.29. The lowest BCUT2D eigenvalue weighted by molar-refractivity contribution is 0.103. The van der Waals surface area contributed by atoms with Gasteiger partial charge in [-0.2, -0.15) is 0 Å². The lowest BCUT2D eigenvalue weighted by Gasteiger charge is -2.23. The zero-order chi connectivity index (χ0) is 16.7. The van der Waals surface area contributed by atoms with E-state index in [1.165, 1.54) is 11.3 Å². The van der Waals surface area contributed by atoms with Crippen molar-refractivity contribution in [3.63, 3.8) is 0 Å². The molecule has 1 aliphatic heterocycles. The molecule has 2 heterocycles. The van der Waals surface area contributed by atoms with Crippen molar-refractivity contribution in [2.45, 2.75) is 30.1 Å². The van der Waals surface area contributed by atoms with Crippen LogP contribution < -0.4 is 10.0 Å². The Morgan fingerprint density at radius 3 is 2.83 bits per heavy atom. The van der Waals surface area contributed by atoms with Gasteiger partial charge in [0.2, 0.25) is 0 Å². The van der Waals surface area contributed by atoms with Gasteiger partial charge in [0.25, 0.3) is 15.2 Å². The third-order valence-corrected chi connectivity index (χ3v) is 6.30. The van der Waals surface area contributed by atoms with Crippen LogP contribution in [0.4, 0.5) is 11.4 Å². The SMILES string of the molecule is CC1(C)Cc2cc(NS(=O)(=O)c3cccs3)ccc2NC(=S)O1. The van der Waals surface area contributed by atoms with Gasteiger partial charge < -0.3 is 10.1 Å². The van der Waals surface area contributed by atoms with E-state index in [4.69, 9.17) is 17.0 Å². The predicted octanol–water partition coefficient (Wildman–Crippen LogP) is 3.60. The maximum absolute atomic E-state index is 12.3. The molecule has 0 spiro atoms. The van der Waals surface area contributed by atoms with Crippen LogP contribution in [0.25, 0.3) is 0 Å². The predicted molar refractivity (Wildman–Crippen MR) is 96.7 cm³/mol. The number of thiocarbonyl (C=S) groups is 1. The highest BCUT2D eigenvalue weighted by molar-refractivity contribution is 7.94. The third-order valence-electron chi connectivity index (χ3n) is 3.34. The van der Waals surface area contributed by atoms with Crippen LogP contribution in [-0.4, -0.2) is 19.2 Å². The Morgan fingerprint density at radius 1 is 1.35 bits per heavy atom. The van der Waals surface area contributed by atoms with Gasteiger partial charge in [0.15, 0.2) is 0 Å². The molecular formula is C15H16N2O3S3. The first-order valence-corrected chi connectivity index (χ1v) is 9.72. The monoisotopic (exact) mass is 368 g/mol. The summed E-state index contributed by atoms with van der Waals surface area (Å²) in [6, 6.07) is 8.61. The molecule has 23 heavy (non-hydrogen) atoms. The molecule has 2 N–H and O–H groups in total. The summed E-state index contributed by atoms with van der Waals surface area (Å²) in [5.41, 5.74) is 1.84. The summed E-state index contributed by atoms with van der Waals surface area (Å²) < 4.78 is 33.2. The smallest absolute Gasteiger partial charge is 0.271 e. The summed E-state index contributed by atoms with van der Waals surface area (Å²) in [7, 11) is -3.55. The van der Waals surface area contributed by atoms with Gasteiger partial charge in [0, 0.05) is 17.8 Å².